The number of hydrogen-bond donors (Lipinski definition) is 2. The Morgan fingerprint density at radius 1 is 0.941 bits per heavy atom. The number of hydrogen-bond acceptors (Lipinski definition) is 5. The number of carbonyl (C=O) groups is 1. The summed E-state index contributed by atoms with van der Waals surface area (Å²) in [5.74, 6) is -1.75. The van der Waals surface area contributed by atoms with Crippen molar-refractivity contribution in [2.24, 2.45) is 5.41 Å². The molecule has 2 aliphatic heterocycles. The minimum atomic E-state index is -2.61. The molecule has 0 bridgehead atoms. The summed E-state index contributed by atoms with van der Waals surface area (Å²) in [4.78, 5) is 22.2. The second kappa shape index (κ2) is 8.71. The molecule has 1 aromatic carbocycles. The smallest absolute Gasteiger partial charge is 0.258 e. The van der Waals surface area contributed by atoms with Crippen LogP contribution in [0.25, 0.3) is 0 Å². The molecule has 8 heteroatoms. The van der Waals surface area contributed by atoms with E-state index in [1.807, 2.05) is 49.2 Å². The second-order valence-corrected chi connectivity index (χ2v) is 10.2. The summed E-state index contributed by atoms with van der Waals surface area (Å²) in [6.07, 6.45) is 4.66. The molecule has 1 amide bonds. The Morgan fingerprint density at radius 2 is 1.62 bits per heavy atom. The van der Waals surface area contributed by atoms with Crippen molar-refractivity contribution >= 4 is 28.9 Å². The van der Waals surface area contributed by atoms with E-state index in [4.69, 9.17) is 0 Å². The highest BCUT2D eigenvalue weighted by molar-refractivity contribution is 6.08. The standard InChI is InChI=1S/C26H33F2N5O/c1-18-15-22(30-23(16-18)33-13-9-26(27,28)10-14-33)31-24(34)20-4-3-19(29-2)17-21(20)32-11-7-25(5-6-25)8-12-32/h3-4,15-17,29H,5-14H2,1-2H3,(H,30,31,34). The predicted octanol–water partition coefficient (Wildman–Crippen LogP) is 5.30. The van der Waals surface area contributed by atoms with Gasteiger partial charge in [0.05, 0.1) is 11.3 Å². The van der Waals surface area contributed by atoms with E-state index in [2.05, 4.69) is 20.5 Å². The largest absolute Gasteiger partial charge is 0.388 e. The van der Waals surface area contributed by atoms with E-state index in [1.54, 1.807) is 0 Å². The van der Waals surface area contributed by atoms with Crippen LogP contribution in [0.1, 0.15) is 54.4 Å². The quantitative estimate of drug-likeness (QED) is 0.622. The average molecular weight is 470 g/mol. The van der Waals surface area contributed by atoms with Crippen molar-refractivity contribution in [2.45, 2.75) is 51.4 Å². The number of alkyl halides is 2. The summed E-state index contributed by atoms with van der Waals surface area (Å²) in [6.45, 7) is 4.35. The lowest BCUT2D eigenvalue weighted by molar-refractivity contribution is -0.0221. The minimum Gasteiger partial charge on any atom is -0.388 e. The Bertz CT molecular complexity index is 1060. The van der Waals surface area contributed by atoms with Gasteiger partial charge < -0.3 is 20.4 Å². The van der Waals surface area contributed by atoms with Gasteiger partial charge in [-0.05, 0) is 73.9 Å². The van der Waals surface area contributed by atoms with Crippen LogP contribution < -0.4 is 20.4 Å². The van der Waals surface area contributed by atoms with Gasteiger partial charge in [-0.15, -0.1) is 0 Å². The van der Waals surface area contributed by atoms with Gasteiger partial charge in [-0.1, -0.05) is 0 Å². The zero-order valence-corrected chi connectivity index (χ0v) is 20.0. The molecule has 1 saturated carbocycles. The number of halogens is 2. The Balaban J connectivity index is 1.35. The van der Waals surface area contributed by atoms with Crippen LogP contribution in [-0.4, -0.2) is 50.0 Å². The summed E-state index contributed by atoms with van der Waals surface area (Å²) >= 11 is 0. The number of carbonyl (C=O) groups excluding carboxylic acids is 1. The average Bonchev–Trinajstić information content (AvgIpc) is 3.57. The fourth-order valence-corrected chi connectivity index (χ4v) is 5.16. The van der Waals surface area contributed by atoms with Crippen molar-refractivity contribution in [3.8, 4) is 0 Å². The fourth-order valence-electron chi connectivity index (χ4n) is 5.16. The molecular weight excluding hydrogens is 436 g/mol. The van der Waals surface area contributed by atoms with Crippen molar-refractivity contribution in [3.63, 3.8) is 0 Å². The third-order valence-electron chi connectivity index (χ3n) is 7.67. The number of aryl methyl sites for hydroxylation is 1. The Hall–Kier alpha value is -2.90. The van der Waals surface area contributed by atoms with Crippen molar-refractivity contribution in [2.75, 3.05) is 53.7 Å². The van der Waals surface area contributed by atoms with Crippen LogP contribution in [0.3, 0.4) is 0 Å². The van der Waals surface area contributed by atoms with Crippen molar-refractivity contribution in [1.29, 1.82) is 0 Å². The number of benzene rings is 1. The first-order chi connectivity index (χ1) is 16.3. The Kier molecular flexibility index (Phi) is 5.86. The Morgan fingerprint density at radius 3 is 2.26 bits per heavy atom. The molecule has 0 unspecified atom stereocenters. The number of piperidine rings is 2. The first-order valence-electron chi connectivity index (χ1n) is 12.3. The van der Waals surface area contributed by atoms with Crippen LogP contribution in [0.15, 0.2) is 30.3 Å². The topological polar surface area (TPSA) is 60.5 Å². The second-order valence-electron chi connectivity index (χ2n) is 10.2. The number of amides is 1. The zero-order valence-electron chi connectivity index (χ0n) is 20.0. The van der Waals surface area contributed by atoms with Crippen LogP contribution in [0.2, 0.25) is 0 Å². The number of nitrogens with zero attached hydrogens (tertiary/aromatic N) is 3. The zero-order chi connectivity index (χ0) is 23.9. The molecule has 6 nitrogen and oxygen atoms in total. The number of rotatable bonds is 5. The van der Waals surface area contributed by atoms with Gasteiger partial charge in [-0.3, -0.25) is 4.79 Å². The van der Waals surface area contributed by atoms with E-state index in [0.29, 0.717) is 22.6 Å². The lowest BCUT2D eigenvalue weighted by atomic mass is 9.93. The summed E-state index contributed by atoms with van der Waals surface area (Å²) in [5, 5.41) is 6.15. The summed E-state index contributed by atoms with van der Waals surface area (Å²) in [5.41, 5.74) is 4.00. The summed E-state index contributed by atoms with van der Waals surface area (Å²) in [7, 11) is 1.88. The van der Waals surface area contributed by atoms with E-state index in [1.165, 1.54) is 25.7 Å². The first-order valence-corrected chi connectivity index (χ1v) is 12.3. The van der Waals surface area contributed by atoms with Crippen LogP contribution >= 0.6 is 0 Å². The van der Waals surface area contributed by atoms with E-state index in [9.17, 15) is 13.6 Å². The SMILES string of the molecule is CNc1ccc(C(=O)Nc2cc(C)cc(N3CCC(F)(F)CC3)n2)c(N2CCC3(CC2)CC3)c1. The molecule has 3 aliphatic rings. The van der Waals surface area contributed by atoms with Gasteiger partial charge in [-0.2, -0.15) is 0 Å². The minimum absolute atomic E-state index is 0.178. The van der Waals surface area contributed by atoms with Gasteiger partial charge in [-0.25, -0.2) is 13.8 Å². The summed E-state index contributed by atoms with van der Waals surface area (Å²) in [6, 6.07) is 9.52. The maximum atomic E-state index is 13.6. The molecule has 5 rings (SSSR count). The highest BCUT2D eigenvalue weighted by atomic mass is 19.3. The number of aromatic nitrogens is 1. The van der Waals surface area contributed by atoms with Gasteiger partial charge in [0.2, 0.25) is 0 Å². The first kappa shape index (κ1) is 22.9. The van der Waals surface area contributed by atoms with Crippen LogP contribution in [-0.2, 0) is 0 Å². The maximum absolute atomic E-state index is 13.6. The van der Waals surface area contributed by atoms with Gasteiger partial charge >= 0.3 is 0 Å². The normalized spacial score (nSPS) is 20.8. The van der Waals surface area contributed by atoms with Crippen molar-refractivity contribution < 1.29 is 13.6 Å². The number of pyridine rings is 1. The lowest BCUT2D eigenvalue weighted by Crippen LogP contribution is -2.39. The molecule has 3 heterocycles. The molecule has 0 radical (unpaired) electrons. The molecule has 3 fully saturated rings. The molecule has 1 spiro atoms. The van der Waals surface area contributed by atoms with Gasteiger partial charge in [0.25, 0.3) is 11.8 Å². The van der Waals surface area contributed by atoms with Gasteiger partial charge in [0.15, 0.2) is 0 Å². The molecule has 1 aromatic heterocycles. The van der Waals surface area contributed by atoms with Crippen LogP contribution in [0.5, 0.6) is 0 Å². The lowest BCUT2D eigenvalue weighted by Gasteiger charge is -2.35. The third-order valence-corrected chi connectivity index (χ3v) is 7.67. The monoisotopic (exact) mass is 469 g/mol. The fraction of sp³-hybridized carbons (Fsp3) is 0.538. The van der Waals surface area contributed by atoms with Crippen molar-refractivity contribution in [3.05, 3.63) is 41.5 Å². The molecule has 2 saturated heterocycles. The number of nitrogens with one attached hydrogen (secondary N) is 2. The molecule has 0 atom stereocenters. The Labute approximate surface area is 199 Å². The molecule has 34 heavy (non-hydrogen) atoms. The number of anilines is 4. The highest BCUT2D eigenvalue weighted by Crippen LogP contribution is 2.54. The summed E-state index contributed by atoms with van der Waals surface area (Å²) < 4.78 is 27.2. The van der Waals surface area contributed by atoms with Crippen LogP contribution in [0.4, 0.5) is 31.8 Å². The van der Waals surface area contributed by atoms with E-state index in [0.717, 1.165) is 30.0 Å². The van der Waals surface area contributed by atoms with Gasteiger partial charge in [0, 0.05) is 51.8 Å². The molecule has 1 aliphatic carbocycles. The van der Waals surface area contributed by atoms with Gasteiger partial charge in [0.1, 0.15) is 11.6 Å². The molecule has 2 aromatic rings. The third kappa shape index (κ3) is 4.81. The molecule has 182 valence electrons. The maximum Gasteiger partial charge on any atom is 0.258 e. The highest BCUT2D eigenvalue weighted by Gasteiger charge is 2.44. The predicted molar refractivity (Wildman–Crippen MR) is 132 cm³/mol. The van der Waals surface area contributed by atoms with E-state index < -0.39 is 5.92 Å². The molecular formula is C26H33F2N5O. The van der Waals surface area contributed by atoms with Crippen LogP contribution in [0, 0.1) is 12.3 Å². The van der Waals surface area contributed by atoms with E-state index >= 15 is 0 Å². The molecule has 2 N–H and O–H groups in total. The van der Waals surface area contributed by atoms with E-state index in [-0.39, 0.29) is 31.8 Å². The van der Waals surface area contributed by atoms with Crippen molar-refractivity contribution in [1.82, 2.24) is 4.98 Å².